The first-order valence-electron chi connectivity index (χ1n) is 10.0. The van der Waals surface area contributed by atoms with Gasteiger partial charge in [0.25, 0.3) is 0 Å². The lowest BCUT2D eigenvalue weighted by atomic mass is 10.1. The summed E-state index contributed by atoms with van der Waals surface area (Å²) >= 11 is 0. The van der Waals surface area contributed by atoms with Crippen LogP contribution in [-0.4, -0.2) is 27.6 Å². The summed E-state index contributed by atoms with van der Waals surface area (Å²) in [7, 11) is 0. The molecule has 0 atom stereocenters. The summed E-state index contributed by atoms with van der Waals surface area (Å²) in [6.45, 7) is 0.209. The number of aryl methyl sites for hydroxylation is 1. The third-order valence-corrected chi connectivity index (χ3v) is 5.06. The number of aromatic nitrogens is 1. The van der Waals surface area contributed by atoms with Gasteiger partial charge in [0.1, 0.15) is 11.6 Å². The summed E-state index contributed by atoms with van der Waals surface area (Å²) in [4.78, 5) is 40.8. The Labute approximate surface area is 182 Å². The number of oxazole rings is 1. The first-order valence-corrected chi connectivity index (χ1v) is 10.0. The number of amides is 3. The highest BCUT2D eigenvalue weighted by molar-refractivity contribution is 6.01. The van der Waals surface area contributed by atoms with E-state index in [1.165, 1.54) is 17.2 Å². The SMILES string of the molecule is O=C(CCc1ncc(-c2c(F)cccc2F)o1)Nc1ccc(CN2C(=O)CCC2=O)cc1. The Morgan fingerprint density at radius 3 is 2.34 bits per heavy atom. The molecule has 7 nitrogen and oxygen atoms in total. The molecule has 9 heteroatoms. The summed E-state index contributed by atoms with van der Waals surface area (Å²) in [6, 6.07) is 10.3. The van der Waals surface area contributed by atoms with Gasteiger partial charge in [0.05, 0.1) is 18.3 Å². The van der Waals surface area contributed by atoms with Crippen molar-refractivity contribution in [2.24, 2.45) is 0 Å². The van der Waals surface area contributed by atoms with E-state index in [-0.39, 0.29) is 67.2 Å². The minimum Gasteiger partial charge on any atom is -0.441 e. The van der Waals surface area contributed by atoms with Crippen molar-refractivity contribution >= 4 is 23.4 Å². The average Bonchev–Trinajstić information content (AvgIpc) is 3.35. The van der Waals surface area contributed by atoms with E-state index in [0.717, 1.165) is 17.7 Å². The normalized spacial score (nSPS) is 13.6. The predicted molar refractivity (Wildman–Crippen MR) is 110 cm³/mol. The molecular formula is C23H19F2N3O4. The first kappa shape index (κ1) is 21.4. The molecule has 0 aliphatic carbocycles. The number of benzene rings is 2. The van der Waals surface area contributed by atoms with Gasteiger partial charge in [0, 0.05) is 31.4 Å². The van der Waals surface area contributed by atoms with Gasteiger partial charge in [-0.25, -0.2) is 13.8 Å². The van der Waals surface area contributed by atoms with Gasteiger partial charge in [0.2, 0.25) is 17.7 Å². The Morgan fingerprint density at radius 1 is 1.03 bits per heavy atom. The topological polar surface area (TPSA) is 92.5 Å². The number of rotatable bonds is 7. The van der Waals surface area contributed by atoms with Gasteiger partial charge >= 0.3 is 0 Å². The van der Waals surface area contributed by atoms with Crippen molar-refractivity contribution < 1.29 is 27.6 Å². The van der Waals surface area contributed by atoms with Crippen LogP contribution in [0.25, 0.3) is 11.3 Å². The lowest BCUT2D eigenvalue weighted by molar-refractivity contribution is -0.139. The van der Waals surface area contributed by atoms with E-state index in [4.69, 9.17) is 4.42 Å². The molecule has 164 valence electrons. The molecular weight excluding hydrogens is 420 g/mol. The van der Waals surface area contributed by atoms with Gasteiger partial charge in [0.15, 0.2) is 11.7 Å². The lowest BCUT2D eigenvalue weighted by Gasteiger charge is -2.14. The molecule has 3 amide bonds. The van der Waals surface area contributed by atoms with Crippen LogP contribution in [-0.2, 0) is 27.3 Å². The Balaban J connectivity index is 1.30. The molecule has 0 bridgehead atoms. The van der Waals surface area contributed by atoms with Crippen LogP contribution in [0.5, 0.6) is 0 Å². The zero-order valence-corrected chi connectivity index (χ0v) is 16.9. The second-order valence-corrected chi connectivity index (χ2v) is 7.33. The number of anilines is 1. The van der Waals surface area contributed by atoms with Gasteiger partial charge in [-0.1, -0.05) is 18.2 Å². The Hall–Kier alpha value is -3.88. The van der Waals surface area contributed by atoms with Crippen molar-refractivity contribution in [3.8, 4) is 11.3 Å². The molecule has 0 saturated carbocycles. The maximum atomic E-state index is 13.9. The third kappa shape index (κ3) is 4.72. The van der Waals surface area contributed by atoms with Gasteiger partial charge in [-0.2, -0.15) is 0 Å². The van der Waals surface area contributed by atoms with Crippen molar-refractivity contribution in [1.82, 2.24) is 9.88 Å². The quantitative estimate of drug-likeness (QED) is 0.565. The molecule has 1 fully saturated rings. The molecule has 1 aliphatic rings. The minimum absolute atomic E-state index is 0.0402. The molecule has 2 aromatic carbocycles. The third-order valence-electron chi connectivity index (χ3n) is 5.06. The zero-order valence-electron chi connectivity index (χ0n) is 16.9. The maximum absolute atomic E-state index is 13.9. The largest absolute Gasteiger partial charge is 0.441 e. The number of hydrogen-bond acceptors (Lipinski definition) is 5. The van der Waals surface area contributed by atoms with Crippen LogP contribution in [0.2, 0.25) is 0 Å². The molecule has 1 N–H and O–H groups in total. The number of halogens is 2. The van der Waals surface area contributed by atoms with E-state index in [1.807, 2.05) is 0 Å². The molecule has 1 saturated heterocycles. The fourth-order valence-electron chi connectivity index (χ4n) is 3.39. The van der Waals surface area contributed by atoms with Crippen LogP contribution < -0.4 is 5.32 Å². The van der Waals surface area contributed by atoms with Crippen molar-refractivity contribution in [3.05, 3.63) is 71.8 Å². The highest BCUT2D eigenvalue weighted by atomic mass is 19.1. The Kier molecular flexibility index (Phi) is 6.07. The second kappa shape index (κ2) is 9.09. The van der Waals surface area contributed by atoms with Crippen molar-refractivity contribution in [3.63, 3.8) is 0 Å². The average molecular weight is 439 g/mol. The molecule has 3 aromatic rings. The molecule has 1 aliphatic heterocycles. The fourth-order valence-corrected chi connectivity index (χ4v) is 3.39. The van der Waals surface area contributed by atoms with Gasteiger partial charge in [-0.3, -0.25) is 19.3 Å². The molecule has 0 radical (unpaired) electrons. The summed E-state index contributed by atoms with van der Waals surface area (Å²) in [6.07, 6.45) is 1.92. The van der Waals surface area contributed by atoms with E-state index in [1.54, 1.807) is 24.3 Å². The molecule has 1 aromatic heterocycles. The van der Waals surface area contributed by atoms with Gasteiger partial charge < -0.3 is 9.73 Å². The molecule has 0 spiro atoms. The van der Waals surface area contributed by atoms with Crippen molar-refractivity contribution in [1.29, 1.82) is 0 Å². The van der Waals surface area contributed by atoms with E-state index in [2.05, 4.69) is 10.3 Å². The van der Waals surface area contributed by atoms with Crippen molar-refractivity contribution in [2.75, 3.05) is 5.32 Å². The second-order valence-electron chi connectivity index (χ2n) is 7.33. The number of imide groups is 1. The molecule has 4 rings (SSSR count). The molecule has 0 unspecified atom stereocenters. The molecule has 32 heavy (non-hydrogen) atoms. The Bertz CT molecular complexity index is 1140. The molecule has 2 heterocycles. The standard InChI is InChI=1S/C23H19F2N3O4/c24-16-2-1-3-17(25)23(16)18-12-26-20(32-18)9-8-19(29)27-15-6-4-14(5-7-15)13-28-21(30)10-11-22(28)31/h1-7,12H,8-11,13H2,(H,27,29). The van der Waals surface area contributed by atoms with E-state index in [9.17, 15) is 23.2 Å². The lowest BCUT2D eigenvalue weighted by Crippen LogP contribution is -2.28. The van der Waals surface area contributed by atoms with Gasteiger partial charge in [-0.15, -0.1) is 0 Å². The first-order chi connectivity index (χ1) is 15.4. The smallest absolute Gasteiger partial charge is 0.229 e. The fraction of sp³-hybridized carbons (Fsp3) is 0.217. The van der Waals surface area contributed by atoms with Crippen LogP contribution in [0.3, 0.4) is 0 Å². The summed E-state index contributed by atoms with van der Waals surface area (Å²) < 4.78 is 33.1. The number of nitrogens with one attached hydrogen (secondary N) is 1. The summed E-state index contributed by atoms with van der Waals surface area (Å²) in [5, 5.41) is 2.73. The highest BCUT2D eigenvalue weighted by Crippen LogP contribution is 2.27. The number of nitrogens with zero attached hydrogens (tertiary/aromatic N) is 2. The van der Waals surface area contributed by atoms with E-state index in [0.29, 0.717) is 5.69 Å². The summed E-state index contributed by atoms with van der Waals surface area (Å²) in [5.74, 6) is -2.02. The van der Waals surface area contributed by atoms with Crippen LogP contribution in [0.1, 0.15) is 30.7 Å². The van der Waals surface area contributed by atoms with E-state index < -0.39 is 11.6 Å². The zero-order chi connectivity index (χ0) is 22.7. The number of carbonyl (C=O) groups excluding carboxylic acids is 3. The van der Waals surface area contributed by atoms with Crippen LogP contribution in [0.15, 0.2) is 53.1 Å². The number of likely N-dealkylation sites (tertiary alicyclic amines) is 1. The number of carbonyl (C=O) groups is 3. The van der Waals surface area contributed by atoms with Crippen LogP contribution in [0.4, 0.5) is 14.5 Å². The monoisotopic (exact) mass is 439 g/mol. The number of hydrogen-bond donors (Lipinski definition) is 1. The minimum atomic E-state index is -0.757. The maximum Gasteiger partial charge on any atom is 0.229 e. The highest BCUT2D eigenvalue weighted by Gasteiger charge is 2.28. The van der Waals surface area contributed by atoms with Crippen LogP contribution in [0, 0.1) is 11.6 Å². The Morgan fingerprint density at radius 2 is 1.69 bits per heavy atom. The van der Waals surface area contributed by atoms with Crippen molar-refractivity contribution in [2.45, 2.75) is 32.2 Å². The van der Waals surface area contributed by atoms with Crippen LogP contribution >= 0.6 is 0 Å². The predicted octanol–water partition coefficient (Wildman–Crippen LogP) is 3.84. The van der Waals surface area contributed by atoms with Gasteiger partial charge in [-0.05, 0) is 29.8 Å². The summed E-state index contributed by atoms with van der Waals surface area (Å²) in [5.41, 5.74) is 1.03. The van der Waals surface area contributed by atoms with E-state index >= 15 is 0 Å².